The molecule has 2 aromatic rings. The first-order valence-electron chi connectivity index (χ1n) is 9.66. The van der Waals surface area contributed by atoms with E-state index < -0.39 is 0 Å². The molecule has 5 heteroatoms. The Labute approximate surface area is 162 Å². The van der Waals surface area contributed by atoms with Gasteiger partial charge in [-0.2, -0.15) is 0 Å². The van der Waals surface area contributed by atoms with Crippen LogP contribution in [0.1, 0.15) is 40.5 Å². The molecule has 0 heterocycles. The van der Waals surface area contributed by atoms with Crippen molar-refractivity contribution in [3.8, 4) is 11.5 Å². The van der Waals surface area contributed by atoms with E-state index in [0.29, 0.717) is 41.3 Å². The standard InChI is InChI=1S/C22H30N2O3/c1-5-17(3)15-26-21-11-7-19(8-12-21)23-24(25)20-9-13-22(14-10-20)27-16-18(4)6-2/h7-14,17-18H,5-6,15-16H2,1-4H3. The molecule has 0 bridgehead atoms. The van der Waals surface area contributed by atoms with Gasteiger partial charge in [0.15, 0.2) is 0 Å². The molecule has 0 aliphatic heterocycles. The first kappa shape index (κ1) is 20.7. The van der Waals surface area contributed by atoms with Gasteiger partial charge in [-0.05, 0) is 48.2 Å². The Morgan fingerprint density at radius 2 is 1.26 bits per heavy atom. The van der Waals surface area contributed by atoms with Crippen molar-refractivity contribution in [3.63, 3.8) is 0 Å². The van der Waals surface area contributed by atoms with Gasteiger partial charge >= 0.3 is 0 Å². The molecule has 0 aromatic heterocycles. The number of benzene rings is 2. The van der Waals surface area contributed by atoms with Crippen molar-refractivity contribution in [2.24, 2.45) is 17.0 Å². The first-order chi connectivity index (χ1) is 13.0. The van der Waals surface area contributed by atoms with E-state index in [1.54, 1.807) is 36.4 Å². The number of rotatable bonds is 10. The highest BCUT2D eigenvalue weighted by Crippen LogP contribution is 2.23. The molecule has 2 unspecified atom stereocenters. The average Bonchev–Trinajstić information content (AvgIpc) is 2.71. The van der Waals surface area contributed by atoms with Crippen LogP contribution in [-0.2, 0) is 0 Å². The summed E-state index contributed by atoms with van der Waals surface area (Å²) in [5.41, 5.74) is 1.04. The summed E-state index contributed by atoms with van der Waals surface area (Å²) < 4.78 is 11.4. The van der Waals surface area contributed by atoms with Gasteiger partial charge in [0.25, 0.3) is 0 Å². The zero-order valence-electron chi connectivity index (χ0n) is 16.7. The van der Waals surface area contributed by atoms with Gasteiger partial charge in [-0.25, -0.2) is 0 Å². The van der Waals surface area contributed by atoms with Crippen molar-refractivity contribution in [1.29, 1.82) is 0 Å². The third-order valence-electron chi connectivity index (χ3n) is 4.56. The second kappa shape index (κ2) is 10.6. The second-order valence-corrected chi connectivity index (χ2v) is 7.01. The molecular weight excluding hydrogens is 340 g/mol. The second-order valence-electron chi connectivity index (χ2n) is 7.01. The minimum atomic E-state index is 0.461. The minimum absolute atomic E-state index is 0.461. The van der Waals surface area contributed by atoms with Gasteiger partial charge in [0, 0.05) is 17.2 Å². The van der Waals surface area contributed by atoms with Crippen molar-refractivity contribution in [3.05, 3.63) is 53.7 Å². The molecule has 0 radical (unpaired) electrons. The van der Waals surface area contributed by atoms with Gasteiger partial charge in [-0.1, -0.05) is 45.4 Å². The van der Waals surface area contributed by atoms with E-state index in [1.807, 2.05) is 12.1 Å². The highest BCUT2D eigenvalue weighted by molar-refractivity contribution is 5.41. The normalized spacial score (nSPS) is 13.9. The summed E-state index contributed by atoms with van der Waals surface area (Å²) in [6.45, 7) is 9.94. The van der Waals surface area contributed by atoms with Crippen LogP contribution in [0.5, 0.6) is 11.5 Å². The fourth-order valence-corrected chi connectivity index (χ4v) is 2.15. The summed E-state index contributed by atoms with van der Waals surface area (Å²) in [4.78, 5) is 0.619. The molecule has 27 heavy (non-hydrogen) atoms. The topological polar surface area (TPSA) is 56.9 Å². The van der Waals surface area contributed by atoms with Crippen LogP contribution in [0.3, 0.4) is 0 Å². The van der Waals surface area contributed by atoms with Crippen LogP contribution < -0.4 is 9.47 Å². The van der Waals surface area contributed by atoms with Crippen LogP contribution in [0.4, 0.5) is 11.4 Å². The summed E-state index contributed by atoms with van der Waals surface area (Å²) in [7, 11) is 0. The lowest BCUT2D eigenvalue weighted by Crippen LogP contribution is -2.07. The van der Waals surface area contributed by atoms with Crippen LogP contribution in [0.25, 0.3) is 0 Å². The van der Waals surface area contributed by atoms with Crippen molar-refractivity contribution in [2.75, 3.05) is 13.2 Å². The van der Waals surface area contributed by atoms with Crippen LogP contribution in [-0.4, -0.2) is 18.1 Å². The molecule has 5 nitrogen and oxygen atoms in total. The summed E-state index contributed by atoms with van der Waals surface area (Å²) in [6, 6.07) is 14.2. The molecule has 146 valence electrons. The highest BCUT2D eigenvalue weighted by atomic mass is 16.5. The summed E-state index contributed by atoms with van der Waals surface area (Å²) in [5.74, 6) is 2.57. The van der Waals surface area contributed by atoms with E-state index in [0.717, 1.165) is 24.3 Å². The first-order valence-corrected chi connectivity index (χ1v) is 9.66. The molecular formula is C22H30N2O3. The van der Waals surface area contributed by atoms with Crippen LogP contribution in [0.2, 0.25) is 0 Å². The monoisotopic (exact) mass is 370 g/mol. The van der Waals surface area contributed by atoms with Crippen molar-refractivity contribution < 1.29 is 14.3 Å². The number of nitrogens with zero attached hydrogens (tertiary/aromatic N) is 2. The smallest absolute Gasteiger partial charge is 0.245 e. The fraction of sp³-hybridized carbons (Fsp3) is 0.455. The molecule has 0 fully saturated rings. The molecule has 0 aliphatic carbocycles. The SMILES string of the molecule is CCC(C)COc1ccc(N=[N+]([O-])c2ccc(OCC(C)CC)cc2)cc1. The van der Waals surface area contributed by atoms with Gasteiger partial charge in [-0.15, -0.1) is 0 Å². The summed E-state index contributed by atoms with van der Waals surface area (Å²) >= 11 is 0. The van der Waals surface area contributed by atoms with Crippen molar-refractivity contribution >= 4 is 11.4 Å². The van der Waals surface area contributed by atoms with Crippen molar-refractivity contribution in [1.82, 2.24) is 0 Å². The predicted octanol–water partition coefficient (Wildman–Crippen LogP) is 6.46. The number of hydrogen-bond donors (Lipinski definition) is 0. The molecule has 0 saturated heterocycles. The van der Waals surface area contributed by atoms with Crippen LogP contribution in [0, 0.1) is 17.0 Å². The Morgan fingerprint density at radius 3 is 1.70 bits per heavy atom. The predicted molar refractivity (Wildman–Crippen MR) is 108 cm³/mol. The fourth-order valence-electron chi connectivity index (χ4n) is 2.15. The molecule has 0 amide bonds. The zero-order valence-corrected chi connectivity index (χ0v) is 16.7. The van der Waals surface area contributed by atoms with Gasteiger partial charge in [0.1, 0.15) is 17.2 Å². The van der Waals surface area contributed by atoms with E-state index in [-0.39, 0.29) is 0 Å². The van der Waals surface area contributed by atoms with E-state index in [2.05, 4.69) is 32.8 Å². The molecule has 0 saturated carbocycles. The largest absolute Gasteiger partial charge is 0.594 e. The lowest BCUT2D eigenvalue weighted by molar-refractivity contribution is -0.435. The van der Waals surface area contributed by atoms with Gasteiger partial charge in [-0.3, -0.25) is 0 Å². The van der Waals surface area contributed by atoms with E-state index in [1.165, 1.54) is 0 Å². The molecule has 2 aromatic carbocycles. The Kier molecular flexibility index (Phi) is 8.11. The van der Waals surface area contributed by atoms with Gasteiger partial charge in [0.2, 0.25) is 5.69 Å². The maximum Gasteiger partial charge on any atom is 0.245 e. The average molecular weight is 370 g/mol. The van der Waals surface area contributed by atoms with E-state index in [9.17, 15) is 5.21 Å². The Balaban J connectivity index is 1.95. The minimum Gasteiger partial charge on any atom is -0.594 e. The highest BCUT2D eigenvalue weighted by Gasteiger charge is 2.07. The summed E-state index contributed by atoms with van der Waals surface area (Å²) in [5, 5.41) is 16.3. The van der Waals surface area contributed by atoms with Gasteiger partial charge < -0.3 is 14.7 Å². The molecule has 2 atom stereocenters. The Hall–Kier alpha value is -2.56. The Bertz CT molecular complexity index is 711. The summed E-state index contributed by atoms with van der Waals surface area (Å²) in [6.07, 6.45) is 2.16. The molecule has 0 N–H and O–H groups in total. The van der Waals surface area contributed by atoms with E-state index in [4.69, 9.17) is 9.47 Å². The number of hydrogen-bond acceptors (Lipinski definition) is 4. The third kappa shape index (κ3) is 6.93. The maximum atomic E-state index is 12.3. The third-order valence-corrected chi connectivity index (χ3v) is 4.56. The quantitative estimate of drug-likeness (QED) is 0.274. The van der Waals surface area contributed by atoms with Crippen LogP contribution >= 0.6 is 0 Å². The molecule has 2 rings (SSSR count). The molecule has 0 spiro atoms. The molecule has 0 aliphatic rings. The van der Waals surface area contributed by atoms with Crippen LogP contribution in [0.15, 0.2) is 53.6 Å². The number of ether oxygens (including phenoxy) is 2. The zero-order chi connectivity index (χ0) is 19.6. The maximum absolute atomic E-state index is 12.3. The Morgan fingerprint density at radius 1 is 0.815 bits per heavy atom. The number of azo groups is 1. The van der Waals surface area contributed by atoms with Crippen molar-refractivity contribution in [2.45, 2.75) is 40.5 Å². The van der Waals surface area contributed by atoms with E-state index >= 15 is 0 Å². The lowest BCUT2D eigenvalue weighted by atomic mass is 10.1. The van der Waals surface area contributed by atoms with Gasteiger partial charge in [0.05, 0.1) is 13.2 Å². The lowest BCUT2D eigenvalue weighted by Gasteiger charge is -2.11.